The van der Waals surface area contributed by atoms with Crippen LogP contribution < -0.4 is 10.1 Å². The Balaban J connectivity index is 2.02. The Morgan fingerprint density at radius 1 is 1.17 bits per heavy atom. The molecule has 1 N–H and O–H groups in total. The first-order valence-electron chi connectivity index (χ1n) is 7.26. The standard InChI is InChI=1S/C18H15ClN2O3/c1-11(22)21-10-16(15-7-6-12(19)8-17(15)21)18(23)20-13-4-3-5-14(9-13)24-2/h3-10H,1-2H3,(H,20,23). The van der Waals surface area contributed by atoms with Crippen LogP contribution in [-0.2, 0) is 0 Å². The highest BCUT2D eigenvalue weighted by Crippen LogP contribution is 2.26. The minimum Gasteiger partial charge on any atom is -0.497 e. The molecule has 1 aromatic heterocycles. The number of hydrogen-bond donors (Lipinski definition) is 1. The lowest BCUT2D eigenvalue weighted by Gasteiger charge is -2.06. The topological polar surface area (TPSA) is 60.3 Å². The molecule has 0 unspecified atom stereocenters. The van der Waals surface area contributed by atoms with Gasteiger partial charge in [0.25, 0.3) is 5.91 Å². The highest BCUT2D eigenvalue weighted by atomic mass is 35.5. The quantitative estimate of drug-likeness (QED) is 0.775. The highest BCUT2D eigenvalue weighted by molar-refractivity contribution is 6.31. The van der Waals surface area contributed by atoms with Gasteiger partial charge in [0.15, 0.2) is 0 Å². The van der Waals surface area contributed by atoms with Crippen LogP contribution >= 0.6 is 11.6 Å². The van der Waals surface area contributed by atoms with E-state index < -0.39 is 0 Å². The fourth-order valence-corrected chi connectivity index (χ4v) is 2.71. The molecule has 0 bridgehead atoms. The summed E-state index contributed by atoms with van der Waals surface area (Å²) in [6, 6.07) is 12.2. The molecule has 0 aliphatic heterocycles. The van der Waals surface area contributed by atoms with E-state index in [2.05, 4.69) is 5.32 Å². The second-order valence-electron chi connectivity index (χ2n) is 5.28. The van der Waals surface area contributed by atoms with E-state index in [1.54, 1.807) is 49.6 Å². The van der Waals surface area contributed by atoms with Gasteiger partial charge in [-0.1, -0.05) is 23.7 Å². The summed E-state index contributed by atoms with van der Waals surface area (Å²) in [6.45, 7) is 1.43. The van der Waals surface area contributed by atoms with Gasteiger partial charge in [0.2, 0.25) is 5.91 Å². The molecule has 0 fully saturated rings. The molecule has 6 heteroatoms. The van der Waals surface area contributed by atoms with Crippen LogP contribution in [0.3, 0.4) is 0 Å². The third-order valence-electron chi connectivity index (χ3n) is 3.68. The van der Waals surface area contributed by atoms with Gasteiger partial charge in [-0.25, -0.2) is 0 Å². The number of halogens is 1. The predicted octanol–water partition coefficient (Wildman–Crippen LogP) is 4.22. The number of benzene rings is 2. The molecule has 1 heterocycles. The number of nitrogens with one attached hydrogen (secondary N) is 1. The number of hydrogen-bond acceptors (Lipinski definition) is 3. The largest absolute Gasteiger partial charge is 0.497 e. The molecule has 0 saturated carbocycles. The van der Waals surface area contributed by atoms with Crippen LogP contribution in [0.15, 0.2) is 48.7 Å². The fourth-order valence-electron chi connectivity index (χ4n) is 2.54. The maximum Gasteiger partial charge on any atom is 0.257 e. The number of carbonyl (C=O) groups is 2. The monoisotopic (exact) mass is 342 g/mol. The molecule has 0 radical (unpaired) electrons. The first kappa shape index (κ1) is 16.1. The zero-order valence-corrected chi connectivity index (χ0v) is 13.9. The van der Waals surface area contributed by atoms with Gasteiger partial charge in [-0.05, 0) is 24.3 Å². The van der Waals surface area contributed by atoms with Crippen LogP contribution in [0.1, 0.15) is 22.1 Å². The van der Waals surface area contributed by atoms with Crippen LogP contribution in [0.2, 0.25) is 5.02 Å². The van der Waals surface area contributed by atoms with Crippen molar-refractivity contribution in [1.29, 1.82) is 0 Å². The summed E-state index contributed by atoms with van der Waals surface area (Å²) in [7, 11) is 1.56. The molecule has 0 saturated heterocycles. The van der Waals surface area contributed by atoms with Crippen molar-refractivity contribution in [2.24, 2.45) is 0 Å². The molecular formula is C18H15ClN2O3. The van der Waals surface area contributed by atoms with Crippen molar-refractivity contribution in [1.82, 2.24) is 4.57 Å². The summed E-state index contributed by atoms with van der Waals surface area (Å²) in [5, 5.41) is 3.98. The second-order valence-corrected chi connectivity index (χ2v) is 5.72. The molecule has 24 heavy (non-hydrogen) atoms. The molecule has 0 aliphatic rings. The summed E-state index contributed by atoms with van der Waals surface area (Å²) in [6.07, 6.45) is 1.53. The third kappa shape index (κ3) is 2.98. The zero-order valence-electron chi connectivity index (χ0n) is 13.2. The Labute approximate surface area is 143 Å². The number of carbonyl (C=O) groups excluding carboxylic acids is 2. The number of anilines is 1. The number of methoxy groups -OCH3 is 1. The number of ether oxygens (including phenoxy) is 1. The molecule has 3 aromatic rings. The number of rotatable bonds is 3. The summed E-state index contributed by atoms with van der Waals surface area (Å²) >= 11 is 6.01. The fraction of sp³-hybridized carbons (Fsp3) is 0.111. The highest BCUT2D eigenvalue weighted by Gasteiger charge is 2.17. The summed E-state index contributed by atoms with van der Waals surface area (Å²) < 4.78 is 6.56. The zero-order chi connectivity index (χ0) is 17.3. The van der Waals surface area contributed by atoms with E-state index in [-0.39, 0.29) is 11.8 Å². The SMILES string of the molecule is COc1cccc(NC(=O)c2cn(C(C)=O)c3cc(Cl)ccc23)c1. The molecule has 2 aromatic carbocycles. The second kappa shape index (κ2) is 6.37. The van der Waals surface area contributed by atoms with Gasteiger partial charge in [-0.15, -0.1) is 0 Å². The van der Waals surface area contributed by atoms with E-state index in [9.17, 15) is 9.59 Å². The van der Waals surface area contributed by atoms with E-state index in [0.717, 1.165) is 0 Å². The molecular weight excluding hydrogens is 328 g/mol. The predicted molar refractivity (Wildman–Crippen MR) is 94.2 cm³/mol. The average Bonchev–Trinajstić information content (AvgIpc) is 2.94. The molecule has 0 spiro atoms. The number of nitrogens with zero attached hydrogens (tertiary/aromatic N) is 1. The smallest absolute Gasteiger partial charge is 0.257 e. The van der Waals surface area contributed by atoms with Crippen molar-refractivity contribution < 1.29 is 14.3 Å². The van der Waals surface area contributed by atoms with E-state index in [1.807, 2.05) is 0 Å². The van der Waals surface area contributed by atoms with Gasteiger partial charge >= 0.3 is 0 Å². The van der Waals surface area contributed by atoms with Gasteiger partial charge in [0.05, 0.1) is 18.2 Å². The van der Waals surface area contributed by atoms with E-state index in [0.29, 0.717) is 32.9 Å². The summed E-state index contributed by atoms with van der Waals surface area (Å²) in [5.74, 6) is 0.143. The van der Waals surface area contributed by atoms with E-state index >= 15 is 0 Å². The lowest BCUT2D eigenvalue weighted by molar-refractivity contribution is 0.0941. The number of fused-ring (bicyclic) bond motifs is 1. The molecule has 122 valence electrons. The lowest BCUT2D eigenvalue weighted by Crippen LogP contribution is -2.12. The van der Waals surface area contributed by atoms with Gasteiger partial charge < -0.3 is 10.1 Å². The van der Waals surface area contributed by atoms with Crippen molar-refractivity contribution in [3.8, 4) is 5.75 Å². The average molecular weight is 343 g/mol. The first-order valence-corrected chi connectivity index (χ1v) is 7.64. The van der Waals surface area contributed by atoms with Crippen molar-refractivity contribution >= 4 is 40.0 Å². The number of aromatic nitrogens is 1. The Morgan fingerprint density at radius 2 is 1.96 bits per heavy atom. The maximum atomic E-state index is 12.6. The summed E-state index contributed by atoms with van der Waals surface area (Å²) in [4.78, 5) is 24.5. The van der Waals surface area contributed by atoms with Gasteiger partial charge in [-0.2, -0.15) is 0 Å². The van der Waals surface area contributed by atoms with E-state index in [1.165, 1.54) is 17.7 Å². The maximum absolute atomic E-state index is 12.6. The Kier molecular flexibility index (Phi) is 4.27. The van der Waals surface area contributed by atoms with Gasteiger partial charge in [-0.3, -0.25) is 14.2 Å². The van der Waals surface area contributed by atoms with Crippen LogP contribution in [0.4, 0.5) is 5.69 Å². The molecule has 3 rings (SSSR count). The van der Waals surface area contributed by atoms with Crippen molar-refractivity contribution in [3.05, 3.63) is 59.2 Å². The van der Waals surface area contributed by atoms with Gasteiger partial charge in [0.1, 0.15) is 5.75 Å². The minimum atomic E-state index is -0.310. The molecule has 5 nitrogen and oxygen atoms in total. The molecule has 1 amide bonds. The normalized spacial score (nSPS) is 10.6. The van der Waals surface area contributed by atoms with Crippen LogP contribution in [-0.4, -0.2) is 23.5 Å². The van der Waals surface area contributed by atoms with Crippen LogP contribution in [0.5, 0.6) is 5.75 Å². The molecule has 0 aliphatic carbocycles. The van der Waals surface area contributed by atoms with Crippen molar-refractivity contribution in [3.63, 3.8) is 0 Å². The van der Waals surface area contributed by atoms with Crippen molar-refractivity contribution in [2.45, 2.75) is 6.92 Å². The van der Waals surface area contributed by atoms with Crippen LogP contribution in [0.25, 0.3) is 10.9 Å². The Bertz CT molecular complexity index is 947. The van der Waals surface area contributed by atoms with Gasteiger partial charge in [0, 0.05) is 35.3 Å². The Hall–Kier alpha value is -2.79. The summed E-state index contributed by atoms with van der Waals surface area (Å²) in [5.41, 5.74) is 1.61. The van der Waals surface area contributed by atoms with E-state index in [4.69, 9.17) is 16.3 Å². The lowest BCUT2D eigenvalue weighted by atomic mass is 10.1. The first-order chi connectivity index (χ1) is 11.5. The Morgan fingerprint density at radius 3 is 2.67 bits per heavy atom. The van der Waals surface area contributed by atoms with Crippen molar-refractivity contribution in [2.75, 3.05) is 12.4 Å². The third-order valence-corrected chi connectivity index (χ3v) is 3.91. The molecule has 0 atom stereocenters. The minimum absolute atomic E-state index is 0.192. The van der Waals surface area contributed by atoms with Crippen LogP contribution in [0, 0.1) is 0 Å². The number of amides is 1.